The van der Waals surface area contributed by atoms with Gasteiger partial charge >= 0.3 is 0 Å². The van der Waals surface area contributed by atoms with Crippen molar-refractivity contribution in [1.82, 2.24) is 15.1 Å². The van der Waals surface area contributed by atoms with Gasteiger partial charge in [0.05, 0.1) is 22.3 Å². The second kappa shape index (κ2) is 9.08. The fraction of sp³-hybridized carbons (Fsp3) is 0.227. The molecule has 0 bridgehead atoms. The van der Waals surface area contributed by atoms with Crippen LogP contribution in [0.4, 0.5) is 15.9 Å². The number of fused-ring (bicyclic) bond motifs is 1. The van der Waals surface area contributed by atoms with Crippen LogP contribution in [0.25, 0.3) is 0 Å². The van der Waals surface area contributed by atoms with Crippen LogP contribution in [0.15, 0.2) is 59.7 Å². The van der Waals surface area contributed by atoms with Crippen LogP contribution in [0.2, 0.25) is 10.0 Å². The SMILES string of the molecule is CC1=Nc2ccnn2C(c2ccc(Cl)c(Cl)c2)C1C(=O)NCCNc1ccc(F)cc1. The molecule has 3 aromatic rings. The van der Waals surface area contributed by atoms with Gasteiger partial charge in [0.2, 0.25) is 5.91 Å². The van der Waals surface area contributed by atoms with Gasteiger partial charge in [0.15, 0.2) is 5.82 Å². The number of hydrogen-bond donors (Lipinski definition) is 2. The Kier molecular flexibility index (Phi) is 6.25. The average molecular weight is 460 g/mol. The van der Waals surface area contributed by atoms with E-state index in [2.05, 4.69) is 20.7 Å². The molecule has 2 heterocycles. The summed E-state index contributed by atoms with van der Waals surface area (Å²) in [6.07, 6.45) is 1.66. The van der Waals surface area contributed by atoms with Gasteiger partial charge in [-0.1, -0.05) is 29.3 Å². The van der Waals surface area contributed by atoms with Crippen LogP contribution in [-0.2, 0) is 4.79 Å². The molecular formula is C22H20Cl2FN5O. The predicted octanol–water partition coefficient (Wildman–Crippen LogP) is 4.87. The van der Waals surface area contributed by atoms with E-state index in [0.29, 0.717) is 34.7 Å². The number of hydrogen-bond acceptors (Lipinski definition) is 4. The Labute approximate surface area is 189 Å². The van der Waals surface area contributed by atoms with E-state index in [-0.39, 0.29) is 11.7 Å². The monoisotopic (exact) mass is 459 g/mol. The van der Waals surface area contributed by atoms with Crippen molar-refractivity contribution in [3.8, 4) is 0 Å². The van der Waals surface area contributed by atoms with E-state index in [1.54, 1.807) is 41.2 Å². The molecule has 4 rings (SSSR count). The van der Waals surface area contributed by atoms with Crippen molar-refractivity contribution in [2.75, 3.05) is 18.4 Å². The molecule has 0 saturated carbocycles. The zero-order valence-electron chi connectivity index (χ0n) is 16.6. The van der Waals surface area contributed by atoms with Crippen LogP contribution >= 0.6 is 23.2 Å². The number of nitrogens with one attached hydrogen (secondary N) is 2. The molecule has 2 unspecified atom stereocenters. The van der Waals surface area contributed by atoms with E-state index in [1.165, 1.54) is 12.1 Å². The molecule has 2 aromatic carbocycles. The van der Waals surface area contributed by atoms with Gasteiger partial charge in [-0.15, -0.1) is 0 Å². The lowest BCUT2D eigenvalue weighted by Gasteiger charge is -2.31. The van der Waals surface area contributed by atoms with Gasteiger partial charge in [0, 0.05) is 30.6 Å². The third-order valence-electron chi connectivity index (χ3n) is 5.13. The standard InChI is InChI=1S/C22H20Cl2FN5O/c1-13-20(22(31)27-11-10-26-16-5-3-15(25)4-6-16)21(30-19(29-13)8-9-28-30)14-2-7-17(23)18(24)12-14/h2-9,12,20-21,26H,10-11H2,1H3,(H,27,31). The van der Waals surface area contributed by atoms with Gasteiger partial charge in [-0.2, -0.15) is 5.10 Å². The molecular weight excluding hydrogens is 440 g/mol. The molecule has 0 fully saturated rings. The maximum atomic E-state index is 13.2. The molecule has 2 N–H and O–H groups in total. The Morgan fingerprint density at radius 1 is 1.10 bits per heavy atom. The van der Waals surface area contributed by atoms with E-state index >= 15 is 0 Å². The molecule has 6 nitrogen and oxygen atoms in total. The van der Waals surface area contributed by atoms with Crippen LogP contribution in [-0.4, -0.2) is 34.5 Å². The van der Waals surface area contributed by atoms with Crippen LogP contribution in [0, 0.1) is 11.7 Å². The zero-order valence-corrected chi connectivity index (χ0v) is 18.2. The summed E-state index contributed by atoms with van der Waals surface area (Å²) in [7, 11) is 0. The van der Waals surface area contributed by atoms with Crippen LogP contribution < -0.4 is 10.6 Å². The second-order valence-electron chi connectivity index (χ2n) is 7.21. The third-order valence-corrected chi connectivity index (χ3v) is 5.87. The molecule has 0 aliphatic carbocycles. The maximum Gasteiger partial charge on any atom is 0.231 e. The quantitative estimate of drug-likeness (QED) is 0.516. The van der Waals surface area contributed by atoms with Crippen LogP contribution in [0.3, 0.4) is 0 Å². The van der Waals surface area contributed by atoms with Crippen LogP contribution in [0.1, 0.15) is 18.5 Å². The first kappa shape index (κ1) is 21.3. The summed E-state index contributed by atoms with van der Waals surface area (Å²) in [4.78, 5) is 17.7. The number of aromatic nitrogens is 2. The molecule has 1 aliphatic heterocycles. The number of benzene rings is 2. The van der Waals surface area contributed by atoms with E-state index in [0.717, 1.165) is 11.3 Å². The van der Waals surface area contributed by atoms with Crippen molar-refractivity contribution >= 4 is 46.3 Å². The van der Waals surface area contributed by atoms with E-state index in [1.807, 2.05) is 13.0 Å². The van der Waals surface area contributed by atoms with Crippen molar-refractivity contribution in [3.63, 3.8) is 0 Å². The Morgan fingerprint density at radius 2 is 1.87 bits per heavy atom. The van der Waals surface area contributed by atoms with Gasteiger partial charge in [-0.25, -0.2) is 14.1 Å². The molecule has 0 saturated heterocycles. The van der Waals surface area contributed by atoms with Crippen molar-refractivity contribution in [2.45, 2.75) is 13.0 Å². The van der Waals surface area contributed by atoms with Crippen molar-refractivity contribution in [2.24, 2.45) is 10.9 Å². The van der Waals surface area contributed by atoms with Gasteiger partial charge in [0.1, 0.15) is 11.7 Å². The van der Waals surface area contributed by atoms with Crippen LogP contribution in [0.5, 0.6) is 0 Å². The third kappa shape index (κ3) is 4.57. The van der Waals surface area contributed by atoms with Crippen molar-refractivity contribution in [3.05, 3.63) is 76.2 Å². The summed E-state index contributed by atoms with van der Waals surface area (Å²) >= 11 is 12.3. The summed E-state index contributed by atoms with van der Waals surface area (Å²) in [5.74, 6) is -0.345. The highest BCUT2D eigenvalue weighted by molar-refractivity contribution is 6.42. The lowest BCUT2D eigenvalue weighted by molar-refractivity contribution is -0.123. The largest absolute Gasteiger partial charge is 0.383 e. The number of anilines is 1. The van der Waals surface area contributed by atoms with Crippen molar-refractivity contribution < 1.29 is 9.18 Å². The van der Waals surface area contributed by atoms with Gasteiger partial charge in [0.25, 0.3) is 0 Å². The number of amides is 1. The lowest BCUT2D eigenvalue weighted by Crippen LogP contribution is -2.43. The summed E-state index contributed by atoms with van der Waals surface area (Å²) in [6, 6.07) is 12.8. The Morgan fingerprint density at radius 3 is 2.61 bits per heavy atom. The van der Waals surface area contributed by atoms with Gasteiger partial charge in [-0.3, -0.25) is 4.79 Å². The minimum atomic E-state index is -0.560. The molecule has 2 atom stereocenters. The summed E-state index contributed by atoms with van der Waals surface area (Å²) in [5.41, 5.74) is 2.28. The zero-order chi connectivity index (χ0) is 22.0. The fourth-order valence-electron chi connectivity index (χ4n) is 3.66. The number of carbonyl (C=O) groups is 1. The van der Waals surface area contributed by atoms with E-state index in [4.69, 9.17) is 23.2 Å². The summed E-state index contributed by atoms with van der Waals surface area (Å²) in [5, 5.41) is 11.3. The van der Waals surface area contributed by atoms with E-state index < -0.39 is 12.0 Å². The Hall–Kier alpha value is -2.90. The summed E-state index contributed by atoms with van der Waals surface area (Å²) in [6.45, 7) is 2.72. The molecule has 1 amide bonds. The molecule has 31 heavy (non-hydrogen) atoms. The van der Waals surface area contributed by atoms with Gasteiger partial charge in [-0.05, 0) is 48.9 Å². The summed E-state index contributed by atoms with van der Waals surface area (Å²) < 4.78 is 14.7. The minimum absolute atomic E-state index is 0.167. The number of aliphatic imine (C=N–C) groups is 1. The highest BCUT2D eigenvalue weighted by atomic mass is 35.5. The first-order chi connectivity index (χ1) is 14.9. The molecule has 1 aliphatic rings. The average Bonchev–Trinajstić information content (AvgIpc) is 3.21. The number of halogens is 3. The van der Waals surface area contributed by atoms with Crippen molar-refractivity contribution in [1.29, 1.82) is 0 Å². The molecule has 9 heteroatoms. The minimum Gasteiger partial charge on any atom is -0.383 e. The smallest absolute Gasteiger partial charge is 0.231 e. The number of rotatable bonds is 6. The predicted molar refractivity (Wildman–Crippen MR) is 121 cm³/mol. The highest BCUT2D eigenvalue weighted by Gasteiger charge is 2.38. The Bertz CT molecular complexity index is 1130. The number of nitrogens with zero attached hydrogens (tertiary/aromatic N) is 3. The topological polar surface area (TPSA) is 71.3 Å². The second-order valence-corrected chi connectivity index (χ2v) is 8.02. The highest BCUT2D eigenvalue weighted by Crippen LogP contribution is 2.38. The molecule has 1 aromatic heterocycles. The normalized spacial score (nSPS) is 17.6. The molecule has 160 valence electrons. The maximum absolute atomic E-state index is 13.2. The van der Waals surface area contributed by atoms with Gasteiger partial charge < -0.3 is 10.6 Å². The Balaban J connectivity index is 1.50. The molecule has 0 spiro atoms. The number of carbonyl (C=O) groups excluding carboxylic acids is 1. The first-order valence-corrected chi connectivity index (χ1v) is 10.5. The molecule has 0 radical (unpaired) electrons. The van der Waals surface area contributed by atoms with E-state index in [9.17, 15) is 9.18 Å². The fourth-order valence-corrected chi connectivity index (χ4v) is 3.97. The first-order valence-electron chi connectivity index (χ1n) is 9.75. The lowest BCUT2D eigenvalue weighted by atomic mass is 9.87.